The van der Waals surface area contributed by atoms with Crippen molar-refractivity contribution in [1.82, 2.24) is 9.88 Å². The lowest BCUT2D eigenvalue weighted by Crippen LogP contribution is -2.32. The van der Waals surface area contributed by atoms with Gasteiger partial charge in [0.2, 0.25) is 0 Å². The number of aromatic nitrogens is 1. The highest BCUT2D eigenvalue weighted by molar-refractivity contribution is 5.67. The molecule has 0 amide bonds. The smallest absolute Gasteiger partial charge is 0.304 e. The molecular formula is C25H26N2O3. The average molecular weight is 402 g/mol. The predicted octanol–water partition coefficient (Wildman–Crippen LogP) is 4.47. The number of pyridine rings is 1. The number of carboxylic acid groups (broad SMARTS) is 1. The minimum atomic E-state index is -0.749. The van der Waals surface area contributed by atoms with Gasteiger partial charge in [-0.3, -0.25) is 14.7 Å². The molecule has 0 fully saturated rings. The van der Waals surface area contributed by atoms with Crippen LogP contribution in [-0.2, 0) is 24.4 Å². The molecule has 0 radical (unpaired) electrons. The summed E-state index contributed by atoms with van der Waals surface area (Å²) in [4.78, 5) is 17.7. The Labute approximate surface area is 177 Å². The van der Waals surface area contributed by atoms with E-state index < -0.39 is 5.97 Å². The number of carbonyl (C=O) groups is 1. The highest BCUT2D eigenvalue weighted by atomic mass is 16.5. The molecule has 1 N–H and O–H groups in total. The average Bonchev–Trinajstić information content (AvgIpc) is 2.77. The third-order valence-corrected chi connectivity index (χ3v) is 5.52. The molecule has 2 aromatic carbocycles. The number of hydrogen-bond donors (Lipinski definition) is 1. The Morgan fingerprint density at radius 1 is 1.13 bits per heavy atom. The van der Waals surface area contributed by atoms with Gasteiger partial charge in [0.05, 0.1) is 12.1 Å². The topological polar surface area (TPSA) is 62.7 Å². The van der Waals surface area contributed by atoms with Crippen LogP contribution in [0.25, 0.3) is 11.3 Å². The van der Waals surface area contributed by atoms with E-state index in [2.05, 4.69) is 47.1 Å². The van der Waals surface area contributed by atoms with Crippen molar-refractivity contribution in [1.29, 1.82) is 0 Å². The van der Waals surface area contributed by atoms with Crippen LogP contribution in [0.1, 0.15) is 28.7 Å². The summed E-state index contributed by atoms with van der Waals surface area (Å²) in [5.41, 5.74) is 6.77. The van der Waals surface area contributed by atoms with Crippen LogP contribution < -0.4 is 4.74 Å². The number of nitrogens with zero attached hydrogens (tertiary/aromatic N) is 2. The maximum Gasteiger partial charge on any atom is 0.304 e. The second-order valence-corrected chi connectivity index (χ2v) is 7.76. The largest absolute Gasteiger partial charge is 0.489 e. The lowest BCUT2D eigenvalue weighted by Gasteiger charge is -2.28. The van der Waals surface area contributed by atoms with Gasteiger partial charge in [-0.05, 0) is 59.9 Å². The van der Waals surface area contributed by atoms with Crippen molar-refractivity contribution >= 4 is 5.97 Å². The lowest BCUT2D eigenvalue weighted by atomic mass is 9.98. The molecule has 3 aromatic rings. The molecule has 0 bridgehead atoms. The highest BCUT2D eigenvalue weighted by Gasteiger charge is 2.18. The zero-order valence-electron chi connectivity index (χ0n) is 17.2. The van der Waals surface area contributed by atoms with Gasteiger partial charge in [-0.15, -0.1) is 0 Å². The lowest BCUT2D eigenvalue weighted by molar-refractivity contribution is -0.137. The van der Waals surface area contributed by atoms with Crippen LogP contribution in [0.3, 0.4) is 0 Å². The van der Waals surface area contributed by atoms with E-state index in [4.69, 9.17) is 9.84 Å². The molecule has 0 unspecified atom stereocenters. The van der Waals surface area contributed by atoms with E-state index in [0.717, 1.165) is 47.6 Å². The van der Waals surface area contributed by atoms with Crippen LogP contribution in [0.15, 0.2) is 60.8 Å². The first-order chi connectivity index (χ1) is 14.6. The number of fused-ring (bicyclic) bond motifs is 1. The van der Waals surface area contributed by atoms with Crippen LogP contribution in [0, 0.1) is 6.92 Å². The highest BCUT2D eigenvalue weighted by Crippen LogP contribution is 2.28. The third-order valence-electron chi connectivity index (χ3n) is 5.52. The van der Waals surface area contributed by atoms with Crippen LogP contribution >= 0.6 is 0 Å². The fraction of sp³-hybridized carbons (Fsp3) is 0.280. The van der Waals surface area contributed by atoms with Crippen LogP contribution in [0.4, 0.5) is 0 Å². The quantitative estimate of drug-likeness (QED) is 0.632. The molecule has 154 valence electrons. The summed E-state index contributed by atoms with van der Waals surface area (Å²) in [5, 5.41) is 8.89. The van der Waals surface area contributed by atoms with Gasteiger partial charge in [0, 0.05) is 31.4 Å². The summed E-state index contributed by atoms with van der Waals surface area (Å²) in [6, 6.07) is 18.5. The monoisotopic (exact) mass is 402 g/mol. The van der Waals surface area contributed by atoms with Crippen molar-refractivity contribution in [3.8, 4) is 17.0 Å². The second kappa shape index (κ2) is 9.09. The van der Waals surface area contributed by atoms with E-state index in [1.165, 1.54) is 11.1 Å². The zero-order valence-corrected chi connectivity index (χ0v) is 17.2. The summed E-state index contributed by atoms with van der Waals surface area (Å²) in [7, 11) is 0. The van der Waals surface area contributed by atoms with Gasteiger partial charge in [0.1, 0.15) is 12.4 Å². The van der Waals surface area contributed by atoms with E-state index in [-0.39, 0.29) is 6.42 Å². The summed E-state index contributed by atoms with van der Waals surface area (Å²) in [6.07, 6.45) is 3.04. The number of benzene rings is 2. The number of hydrogen-bond acceptors (Lipinski definition) is 4. The van der Waals surface area contributed by atoms with E-state index in [0.29, 0.717) is 13.2 Å². The van der Waals surface area contributed by atoms with Gasteiger partial charge in [-0.2, -0.15) is 0 Å². The van der Waals surface area contributed by atoms with Gasteiger partial charge in [-0.1, -0.05) is 30.3 Å². The van der Waals surface area contributed by atoms with Gasteiger partial charge in [-0.25, -0.2) is 0 Å². The predicted molar refractivity (Wildman–Crippen MR) is 116 cm³/mol. The zero-order chi connectivity index (χ0) is 20.9. The van der Waals surface area contributed by atoms with Gasteiger partial charge < -0.3 is 9.84 Å². The Kier molecular flexibility index (Phi) is 6.10. The van der Waals surface area contributed by atoms with Crippen molar-refractivity contribution in [3.05, 3.63) is 83.0 Å². The minimum Gasteiger partial charge on any atom is -0.489 e. The van der Waals surface area contributed by atoms with Crippen molar-refractivity contribution in [2.24, 2.45) is 0 Å². The molecular weight excluding hydrogens is 376 g/mol. The summed E-state index contributed by atoms with van der Waals surface area (Å²) in [5.74, 6) is 0.135. The fourth-order valence-corrected chi connectivity index (χ4v) is 3.81. The first-order valence-electron chi connectivity index (χ1n) is 10.3. The molecule has 1 aliphatic heterocycles. The molecule has 0 aliphatic carbocycles. The van der Waals surface area contributed by atoms with Gasteiger partial charge in [0.15, 0.2) is 0 Å². The van der Waals surface area contributed by atoms with E-state index >= 15 is 0 Å². The first-order valence-corrected chi connectivity index (χ1v) is 10.3. The fourth-order valence-electron chi connectivity index (χ4n) is 3.81. The number of rotatable bonds is 7. The Bertz CT molecular complexity index is 1030. The molecule has 5 nitrogen and oxygen atoms in total. The molecule has 4 rings (SSSR count). The van der Waals surface area contributed by atoms with E-state index in [9.17, 15) is 4.79 Å². The van der Waals surface area contributed by atoms with Crippen molar-refractivity contribution in [2.45, 2.75) is 32.9 Å². The van der Waals surface area contributed by atoms with Crippen LogP contribution in [0.2, 0.25) is 0 Å². The number of ether oxygens (including phenoxy) is 1. The van der Waals surface area contributed by atoms with Crippen molar-refractivity contribution < 1.29 is 14.6 Å². The molecule has 0 atom stereocenters. The Balaban J connectivity index is 1.44. The maximum atomic E-state index is 10.8. The second-order valence-electron chi connectivity index (χ2n) is 7.76. The summed E-state index contributed by atoms with van der Waals surface area (Å²) in [6.45, 7) is 4.84. The van der Waals surface area contributed by atoms with Gasteiger partial charge in [0.25, 0.3) is 0 Å². The maximum absolute atomic E-state index is 10.8. The van der Waals surface area contributed by atoms with Crippen molar-refractivity contribution in [2.75, 3.05) is 13.1 Å². The summed E-state index contributed by atoms with van der Waals surface area (Å²) >= 11 is 0. The molecule has 5 heteroatoms. The molecule has 2 heterocycles. The summed E-state index contributed by atoms with van der Waals surface area (Å²) < 4.78 is 5.99. The molecule has 30 heavy (non-hydrogen) atoms. The molecule has 1 aromatic heterocycles. The third kappa shape index (κ3) is 4.86. The molecule has 0 saturated carbocycles. The van der Waals surface area contributed by atoms with Crippen LogP contribution in [0.5, 0.6) is 5.75 Å². The first kappa shape index (κ1) is 20.1. The normalized spacial score (nSPS) is 13.6. The van der Waals surface area contributed by atoms with E-state index in [1.54, 1.807) is 0 Å². The number of aliphatic carboxylic acids is 1. The SMILES string of the molecule is Cc1cc(-c2cc3c(cn2)CN(CCC(=O)O)CC3)ccc1OCc1ccccc1. The standard InChI is InChI=1S/C25H26N2O3/c1-18-13-21(7-8-24(18)30-17-19-5-3-2-4-6-19)23-14-20-9-11-27(12-10-25(28)29)16-22(20)15-26-23/h2-8,13-15H,9-12,16-17H2,1H3,(H,28,29). The van der Waals surface area contributed by atoms with E-state index in [1.807, 2.05) is 30.5 Å². The Morgan fingerprint density at radius 2 is 1.97 bits per heavy atom. The molecule has 1 aliphatic rings. The minimum absolute atomic E-state index is 0.179. The van der Waals surface area contributed by atoms with Crippen LogP contribution in [-0.4, -0.2) is 34.0 Å². The van der Waals surface area contributed by atoms with Gasteiger partial charge >= 0.3 is 5.97 Å². The number of aryl methyl sites for hydroxylation is 1. The Hall–Kier alpha value is -3.18. The number of carboxylic acids is 1. The molecule has 0 spiro atoms. The Morgan fingerprint density at radius 3 is 2.73 bits per heavy atom. The van der Waals surface area contributed by atoms with Crippen molar-refractivity contribution in [3.63, 3.8) is 0 Å². The molecule has 0 saturated heterocycles.